The van der Waals surface area contributed by atoms with Crippen LogP contribution in [0.15, 0.2) is 18.2 Å². The van der Waals surface area contributed by atoms with E-state index in [1.54, 1.807) is 18.2 Å². The van der Waals surface area contributed by atoms with Gasteiger partial charge in [0.15, 0.2) is 17.3 Å². The lowest BCUT2D eigenvalue weighted by molar-refractivity contribution is 0.100. The van der Waals surface area contributed by atoms with Crippen LogP contribution in [0.25, 0.3) is 0 Å². The highest BCUT2D eigenvalue weighted by atomic mass is 16.5. The summed E-state index contributed by atoms with van der Waals surface area (Å²) in [6.07, 6.45) is 0. The molecule has 4 heteroatoms. The van der Waals surface area contributed by atoms with Crippen molar-refractivity contribution >= 4 is 5.78 Å². The molecule has 0 bridgehead atoms. The first-order valence-electron chi connectivity index (χ1n) is 5.35. The van der Waals surface area contributed by atoms with Gasteiger partial charge in [0, 0.05) is 5.56 Å². The molecule has 16 heavy (non-hydrogen) atoms. The molecular formula is C12H17NO3. The Hall–Kier alpha value is -1.55. The number of rotatable bonds is 6. The van der Waals surface area contributed by atoms with Crippen molar-refractivity contribution in [1.29, 1.82) is 0 Å². The zero-order valence-corrected chi connectivity index (χ0v) is 9.66. The molecule has 0 aliphatic carbocycles. The van der Waals surface area contributed by atoms with Gasteiger partial charge in [-0.25, -0.2) is 0 Å². The topological polar surface area (TPSA) is 61.5 Å². The second-order valence-electron chi connectivity index (χ2n) is 3.15. The van der Waals surface area contributed by atoms with E-state index in [-0.39, 0.29) is 12.3 Å². The van der Waals surface area contributed by atoms with Crippen molar-refractivity contribution in [3.8, 4) is 11.5 Å². The van der Waals surface area contributed by atoms with E-state index in [2.05, 4.69) is 0 Å². The Labute approximate surface area is 95.3 Å². The average Bonchev–Trinajstić information content (AvgIpc) is 2.31. The summed E-state index contributed by atoms with van der Waals surface area (Å²) in [5, 5.41) is 0. The van der Waals surface area contributed by atoms with Crippen molar-refractivity contribution < 1.29 is 14.3 Å². The smallest absolute Gasteiger partial charge is 0.176 e. The third kappa shape index (κ3) is 2.97. The van der Waals surface area contributed by atoms with E-state index in [9.17, 15) is 4.79 Å². The van der Waals surface area contributed by atoms with Crippen LogP contribution in [0.1, 0.15) is 24.2 Å². The Bertz CT molecular complexity index is 363. The van der Waals surface area contributed by atoms with Gasteiger partial charge in [0.1, 0.15) is 0 Å². The first kappa shape index (κ1) is 12.5. The highest BCUT2D eigenvalue weighted by molar-refractivity contribution is 5.98. The van der Waals surface area contributed by atoms with E-state index in [1.165, 1.54) is 0 Å². The molecule has 0 aromatic heterocycles. The number of carbonyl (C=O) groups excluding carboxylic acids is 1. The lowest BCUT2D eigenvalue weighted by Gasteiger charge is -2.11. The fourth-order valence-electron chi connectivity index (χ4n) is 1.34. The molecule has 0 radical (unpaired) electrons. The van der Waals surface area contributed by atoms with Crippen LogP contribution in [0.5, 0.6) is 11.5 Å². The fraction of sp³-hybridized carbons (Fsp3) is 0.417. The predicted octanol–water partition coefficient (Wildman–Crippen LogP) is 1.63. The summed E-state index contributed by atoms with van der Waals surface area (Å²) in [5.41, 5.74) is 5.85. The van der Waals surface area contributed by atoms with Crippen molar-refractivity contribution in [1.82, 2.24) is 0 Å². The van der Waals surface area contributed by atoms with Gasteiger partial charge < -0.3 is 15.2 Å². The van der Waals surface area contributed by atoms with Gasteiger partial charge in [-0.15, -0.1) is 0 Å². The van der Waals surface area contributed by atoms with Gasteiger partial charge in [0.05, 0.1) is 19.8 Å². The minimum absolute atomic E-state index is 0.000450. The van der Waals surface area contributed by atoms with E-state index in [1.807, 2.05) is 13.8 Å². The summed E-state index contributed by atoms with van der Waals surface area (Å²) >= 11 is 0. The SMILES string of the molecule is CCOc1ccc(C(=O)CN)cc1OCC. The largest absolute Gasteiger partial charge is 0.490 e. The summed E-state index contributed by atoms with van der Waals surface area (Å²) < 4.78 is 10.8. The van der Waals surface area contributed by atoms with Crippen molar-refractivity contribution in [2.24, 2.45) is 5.73 Å². The number of ether oxygens (including phenoxy) is 2. The van der Waals surface area contributed by atoms with E-state index < -0.39 is 0 Å². The number of nitrogens with two attached hydrogens (primary N) is 1. The minimum Gasteiger partial charge on any atom is -0.490 e. The second kappa shape index (κ2) is 6.12. The summed E-state index contributed by atoms with van der Waals surface area (Å²) in [5.74, 6) is 1.13. The second-order valence-corrected chi connectivity index (χ2v) is 3.15. The molecule has 2 N–H and O–H groups in total. The van der Waals surface area contributed by atoms with Crippen LogP contribution in [0.3, 0.4) is 0 Å². The van der Waals surface area contributed by atoms with Crippen LogP contribution in [0, 0.1) is 0 Å². The molecule has 0 fully saturated rings. The molecule has 0 atom stereocenters. The Morgan fingerprint density at radius 3 is 2.38 bits per heavy atom. The van der Waals surface area contributed by atoms with Gasteiger partial charge in [0.25, 0.3) is 0 Å². The minimum atomic E-state index is -0.107. The van der Waals surface area contributed by atoms with Gasteiger partial charge in [-0.05, 0) is 32.0 Å². The van der Waals surface area contributed by atoms with Crippen LogP contribution in [0.2, 0.25) is 0 Å². The average molecular weight is 223 g/mol. The van der Waals surface area contributed by atoms with Crippen LogP contribution in [0.4, 0.5) is 0 Å². The quantitative estimate of drug-likeness (QED) is 0.744. The summed E-state index contributed by atoms with van der Waals surface area (Å²) in [4.78, 5) is 11.4. The van der Waals surface area contributed by atoms with Crippen molar-refractivity contribution in [3.05, 3.63) is 23.8 Å². The predicted molar refractivity (Wildman–Crippen MR) is 62.2 cm³/mol. The van der Waals surface area contributed by atoms with Crippen LogP contribution >= 0.6 is 0 Å². The Morgan fingerprint density at radius 2 is 1.81 bits per heavy atom. The molecule has 1 aromatic carbocycles. The molecule has 0 heterocycles. The van der Waals surface area contributed by atoms with Crippen LogP contribution in [-0.4, -0.2) is 25.5 Å². The van der Waals surface area contributed by atoms with Gasteiger partial charge in [-0.1, -0.05) is 0 Å². The first-order chi connectivity index (χ1) is 7.72. The molecule has 1 aromatic rings. The van der Waals surface area contributed by atoms with E-state index >= 15 is 0 Å². The third-order valence-corrected chi connectivity index (χ3v) is 2.05. The molecule has 0 saturated carbocycles. The molecule has 0 aliphatic heterocycles. The standard InChI is InChI=1S/C12H17NO3/c1-3-15-11-6-5-9(10(14)8-13)7-12(11)16-4-2/h5-7H,3-4,8,13H2,1-2H3. The summed E-state index contributed by atoms with van der Waals surface area (Å²) in [6.45, 7) is 4.87. The maximum absolute atomic E-state index is 11.4. The maximum Gasteiger partial charge on any atom is 0.176 e. The number of carbonyl (C=O) groups is 1. The Kier molecular flexibility index (Phi) is 4.79. The van der Waals surface area contributed by atoms with Gasteiger partial charge in [-0.3, -0.25) is 4.79 Å². The zero-order valence-electron chi connectivity index (χ0n) is 9.66. The lowest BCUT2D eigenvalue weighted by atomic mass is 10.1. The lowest BCUT2D eigenvalue weighted by Crippen LogP contribution is -2.13. The number of hydrogen-bond acceptors (Lipinski definition) is 4. The van der Waals surface area contributed by atoms with Crippen molar-refractivity contribution in [2.45, 2.75) is 13.8 Å². The normalized spacial score (nSPS) is 9.94. The number of hydrogen-bond donors (Lipinski definition) is 1. The summed E-state index contributed by atoms with van der Waals surface area (Å²) in [7, 11) is 0. The van der Waals surface area contributed by atoms with Gasteiger partial charge >= 0.3 is 0 Å². The molecule has 0 unspecified atom stereocenters. The molecule has 0 aliphatic rings. The van der Waals surface area contributed by atoms with Gasteiger partial charge in [-0.2, -0.15) is 0 Å². The Balaban J connectivity index is 3.01. The van der Waals surface area contributed by atoms with Crippen LogP contribution in [-0.2, 0) is 0 Å². The molecular weight excluding hydrogens is 206 g/mol. The van der Waals surface area contributed by atoms with E-state index in [0.717, 1.165) is 0 Å². The third-order valence-electron chi connectivity index (χ3n) is 2.05. The zero-order chi connectivity index (χ0) is 12.0. The monoisotopic (exact) mass is 223 g/mol. The number of benzene rings is 1. The molecule has 1 rings (SSSR count). The van der Waals surface area contributed by atoms with Crippen LogP contribution < -0.4 is 15.2 Å². The molecule has 0 saturated heterocycles. The van der Waals surface area contributed by atoms with Crippen molar-refractivity contribution in [3.63, 3.8) is 0 Å². The fourth-order valence-corrected chi connectivity index (χ4v) is 1.34. The van der Waals surface area contributed by atoms with E-state index in [4.69, 9.17) is 15.2 Å². The highest BCUT2D eigenvalue weighted by Gasteiger charge is 2.09. The molecule has 0 spiro atoms. The maximum atomic E-state index is 11.4. The highest BCUT2D eigenvalue weighted by Crippen LogP contribution is 2.28. The van der Waals surface area contributed by atoms with E-state index in [0.29, 0.717) is 30.3 Å². The van der Waals surface area contributed by atoms with Gasteiger partial charge in [0.2, 0.25) is 0 Å². The molecule has 4 nitrogen and oxygen atoms in total. The first-order valence-corrected chi connectivity index (χ1v) is 5.35. The molecule has 0 amide bonds. The Morgan fingerprint density at radius 1 is 1.19 bits per heavy atom. The molecule has 88 valence electrons. The number of ketones is 1. The van der Waals surface area contributed by atoms with Crippen molar-refractivity contribution in [2.75, 3.05) is 19.8 Å². The summed E-state index contributed by atoms with van der Waals surface area (Å²) in [6, 6.07) is 5.10. The number of Topliss-reactive ketones (excluding diaryl/α,β-unsaturated/α-hetero) is 1.